The summed E-state index contributed by atoms with van der Waals surface area (Å²) in [5.41, 5.74) is 1.25. The van der Waals surface area contributed by atoms with Crippen LogP contribution in [-0.4, -0.2) is 32.5 Å². The second-order valence-electron chi connectivity index (χ2n) is 7.27. The molecule has 1 aliphatic rings. The Morgan fingerprint density at radius 2 is 1.81 bits per heavy atom. The molecule has 1 aliphatic heterocycles. The first-order chi connectivity index (χ1) is 12.3. The van der Waals surface area contributed by atoms with Gasteiger partial charge in [-0.05, 0) is 36.2 Å². The number of aldehydes is 1. The van der Waals surface area contributed by atoms with Crippen LogP contribution in [0.1, 0.15) is 57.0 Å². The molecule has 0 fully saturated rings. The summed E-state index contributed by atoms with van der Waals surface area (Å²) >= 11 is 0. The third-order valence-electron chi connectivity index (χ3n) is 5.17. The van der Waals surface area contributed by atoms with Crippen molar-refractivity contribution in [2.45, 2.75) is 77.5 Å². The Kier molecular flexibility index (Phi) is 6.63. The fourth-order valence-corrected chi connectivity index (χ4v) is 6.39. The fourth-order valence-electron chi connectivity index (χ4n) is 3.50. The minimum Gasteiger partial charge on any atom is -0.452 e. The molecule has 0 aromatic heterocycles. The van der Waals surface area contributed by atoms with E-state index in [0.717, 1.165) is 30.0 Å². The summed E-state index contributed by atoms with van der Waals surface area (Å²) in [4.78, 5) is 23.7. The Balaban J connectivity index is 2.30. The number of hydrogen-bond acceptors (Lipinski definition) is 5. The molecule has 0 N–H and O–H groups in total. The van der Waals surface area contributed by atoms with Crippen LogP contribution in [0.15, 0.2) is 18.2 Å². The lowest BCUT2D eigenvalue weighted by Gasteiger charge is -2.34. The zero-order chi connectivity index (χ0) is 19.4. The lowest BCUT2D eigenvalue weighted by atomic mass is 9.98. The normalized spacial score (nSPS) is 17.0. The molecule has 144 valence electrons. The van der Waals surface area contributed by atoms with E-state index in [4.69, 9.17) is 13.9 Å². The Morgan fingerprint density at radius 3 is 2.38 bits per heavy atom. The number of rotatable bonds is 9. The van der Waals surface area contributed by atoms with Gasteiger partial charge >= 0.3 is 5.97 Å². The highest BCUT2D eigenvalue weighted by Gasteiger charge is 2.37. The molecule has 26 heavy (non-hydrogen) atoms. The molecule has 5 nitrogen and oxygen atoms in total. The number of fused-ring (bicyclic) bond motifs is 1. The van der Waals surface area contributed by atoms with Gasteiger partial charge in [0.2, 0.25) is 5.79 Å². The predicted molar refractivity (Wildman–Crippen MR) is 103 cm³/mol. The monoisotopic (exact) mass is 378 g/mol. The maximum atomic E-state index is 12.5. The molecule has 0 aliphatic carbocycles. The van der Waals surface area contributed by atoms with Crippen molar-refractivity contribution in [1.82, 2.24) is 0 Å². The van der Waals surface area contributed by atoms with Crippen molar-refractivity contribution in [3.05, 3.63) is 29.3 Å². The summed E-state index contributed by atoms with van der Waals surface area (Å²) in [5.74, 6) is -0.837. The van der Waals surface area contributed by atoms with Crippen LogP contribution in [0.2, 0.25) is 18.1 Å². The van der Waals surface area contributed by atoms with Crippen LogP contribution < -0.4 is 4.74 Å². The first-order valence-electron chi connectivity index (χ1n) is 9.45. The Labute approximate surface area is 157 Å². The highest BCUT2D eigenvalue weighted by molar-refractivity contribution is 6.73. The van der Waals surface area contributed by atoms with Gasteiger partial charge in [-0.2, -0.15) is 0 Å². The first-order valence-corrected chi connectivity index (χ1v) is 12.0. The van der Waals surface area contributed by atoms with E-state index in [-0.39, 0.29) is 12.1 Å². The van der Waals surface area contributed by atoms with E-state index < -0.39 is 14.1 Å². The van der Waals surface area contributed by atoms with Crippen LogP contribution in [0.4, 0.5) is 0 Å². The molecule has 0 unspecified atom stereocenters. The molecule has 0 amide bonds. The standard InChI is InChI=1S/C20H30O5Si/c1-6-26(7-2,8-3)25-16(12-13-21)14-15-10-9-11-17-18(15)19(22)24-20(4,5)23-17/h9-11,13,16H,6-8,12,14H2,1-5H3/t16-/m1/s1. The minimum atomic E-state index is -1.85. The summed E-state index contributed by atoms with van der Waals surface area (Å²) in [6, 6.07) is 8.57. The summed E-state index contributed by atoms with van der Waals surface area (Å²) in [7, 11) is -1.85. The van der Waals surface area contributed by atoms with Crippen LogP contribution in [0.3, 0.4) is 0 Å². The smallest absolute Gasteiger partial charge is 0.345 e. The molecule has 1 heterocycles. The summed E-state index contributed by atoms with van der Waals surface area (Å²) in [6.07, 6.45) is 1.49. The Hall–Kier alpha value is -1.66. The van der Waals surface area contributed by atoms with Crippen LogP contribution >= 0.6 is 0 Å². The number of carbonyl (C=O) groups is 2. The number of carbonyl (C=O) groups excluding carboxylic acids is 2. The van der Waals surface area contributed by atoms with Gasteiger partial charge in [-0.1, -0.05) is 32.9 Å². The van der Waals surface area contributed by atoms with Crippen molar-refractivity contribution in [3.63, 3.8) is 0 Å². The van der Waals surface area contributed by atoms with Gasteiger partial charge in [0.15, 0.2) is 8.32 Å². The van der Waals surface area contributed by atoms with E-state index in [1.165, 1.54) is 0 Å². The average Bonchev–Trinajstić information content (AvgIpc) is 2.58. The van der Waals surface area contributed by atoms with Crippen molar-refractivity contribution in [3.8, 4) is 5.75 Å². The zero-order valence-electron chi connectivity index (χ0n) is 16.5. The van der Waals surface area contributed by atoms with Gasteiger partial charge in [0.05, 0.1) is 6.10 Å². The topological polar surface area (TPSA) is 61.8 Å². The van der Waals surface area contributed by atoms with Crippen molar-refractivity contribution < 1.29 is 23.5 Å². The maximum absolute atomic E-state index is 12.5. The fraction of sp³-hybridized carbons (Fsp3) is 0.600. The van der Waals surface area contributed by atoms with Gasteiger partial charge in [-0.3, -0.25) is 0 Å². The largest absolute Gasteiger partial charge is 0.452 e. The van der Waals surface area contributed by atoms with Gasteiger partial charge < -0.3 is 18.7 Å². The number of cyclic esters (lactones) is 1. The number of ether oxygens (including phenoxy) is 2. The van der Waals surface area contributed by atoms with E-state index in [9.17, 15) is 9.59 Å². The average molecular weight is 379 g/mol. The zero-order valence-corrected chi connectivity index (χ0v) is 17.5. The van der Waals surface area contributed by atoms with Gasteiger partial charge in [0.25, 0.3) is 0 Å². The summed E-state index contributed by atoms with van der Waals surface area (Å²) in [6.45, 7) is 9.91. The summed E-state index contributed by atoms with van der Waals surface area (Å²) < 4.78 is 17.7. The molecule has 2 rings (SSSR count). The van der Waals surface area contributed by atoms with Gasteiger partial charge in [-0.25, -0.2) is 4.79 Å². The van der Waals surface area contributed by atoms with E-state index in [2.05, 4.69) is 20.8 Å². The lowest BCUT2D eigenvalue weighted by Crippen LogP contribution is -2.41. The Morgan fingerprint density at radius 1 is 1.15 bits per heavy atom. The van der Waals surface area contributed by atoms with Gasteiger partial charge in [-0.15, -0.1) is 0 Å². The van der Waals surface area contributed by atoms with Gasteiger partial charge in [0, 0.05) is 20.3 Å². The quantitative estimate of drug-likeness (QED) is 0.360. The maximum Gasteiger partial charge on any atom is 0.345 e. The number of benzene rings is 1. The second kappa shape index (κ2) is 8.35. The third kappa shape index (κ3) is 4.54. The molecular formula is C20H30O5Si. The van der Waals surface area contributed by atoms with Crippen LogP contribution in [-0.2, 0) is 20.4 Å². The van der Waals surface area contributed by atoms with Crippen LogP contribution in [0.25, 0.3) is 0 Å². The third-order valence-corrected chi connectivity index (χ3v) is 9.87. The molecule has 1 atom stereocenters. The lowest BCUT2D eigenvalue weighted by molar-refractivity contribution is -0.127. The molecule has 6 heteroatoms. The van der Waals surface area contributed by atoms with E-state index in [1.807, 2.05) is 12.1 Å². The van der Waals surface area contributed by atoms with Crippen LogP contribution in [0, 0.1) is 0 Å². The molecular weight excluding hydrogens is 348 g/mol. The van der Waals surface area contributed by atoms with E-state index in [1.54, 1.807) is 19.9 Å². The van der Waals surface area contributed by atoms with Crippen LogP contribution in [0.5, 0.6) is 5.75 Å². The Bertz CT molecular complexity index is 643. The second-order valence-corrected chi connectivity index (χ2v) is 12.0. The predicted octanol–water partition coefficient (Wildman–Crippen LogP) is 4.49. The highest BCUT2D eigenvalue weighted by Crippen LogP contribution is 2.34. The molecule has 1 aromatic rings. The van der Waals surface area contributed by atoms with Crippen molar-refractivity contribution >= 4 is 20.6 Å². The molecule has 0 radical (unpaired) electrons. The molecule has 0 saturated heterocycles. The minimum absolute atomic E-state index is 0.228. The van der Waals surface area contributed by atoms with E-state index >= 15 is 0 Å². The molecule has 0 saturated carbocycles. The van der Waals surface area contributed by atoms with Crippen molar-refractivity contribution in [2.24, 2.45) is 0 Å². The molecule has 0 spiro atoms. The van der Waals surface area contributed by atoms with Crippen molar-refractivity contribution in [2.75, 3.05) is 0 Å². The molecule has 1 aromatic carbocycles. The first kappa shape index (κ1) is 20.6. The van der Waals surface area contributed by atoms with Crippen molar-refractivity contribution in [1.29, 1.82) is 0 Å². The van der Waals surface area contributed by atoms with E-state index in [0.29, 0.717) is 24.2 Å². The highest BCUT2D eigenvalue weighted by atomic mass is 28.4. The molecule has 0 bridgehead atoms. The number of hydrogen-bond donors (Lipinski definition) is 0. The van der Waals surface area contributed by atoms with Gasteiger partial charge in [0.1, 0.15) is 17.6 Å². The SMILES string of the molecule is CC[Si](CC)(CC)O[C@H](CC=O)Cc1cccc2c1C(=O)OC(C)(C)O2. The summed E-state index contributed by atoms with van der Waals surface area (Å²) in [5, 5.41) is 0. The number of esters is 1.